The van der Waals surface area contributed by atoms with Crippen LogP contribution in [0, 0.1) is 0 Å². The summed E-state index contributed by atoms with van der Waals surface area (Å²) in [5.74, 6) is 0.561. The zero-order chi connectivity index (χ0) is 24.7. The zero-order valence-corrected chi connectivity index (χ0v) is 21.0. The lowest BCUT2D eigenvalue weighted by molar-refractivity contribution is -0.117. The van der Waals surface area contributed by atoms with Gasteiger partial charge >= 0.3 is 0 Å². The average molecular weight is 551 g/mol. The van der Waals surface area contributed by atoms with Gasteiger partial charge in [0.05, 0.1) is 10.6 Å². The molecule has 0 aliphatic heterocycles. The highest BCUT2D eigenvalue weighted by atomic mass is 79.9. The third-order valence-corrected chi connectivity index (χ3v) is 7.15. The predicted octanol–water partition coefficient (Wildman–Crippen LogP) is 5.77. The van der Waals surface area contributed by atoms with E-state index in [2.05, 4.69) is 26.0 Å². The van der Waals surface area contributed by atoms with E-state index in [-0.39, 0.29) is 11.3 Å². The van der Waals surface area contributed by atoms with E-state index in [4.69, 9.17) is 4.74 Å². The molecule has 35 heavy (non-hydrogen) atoms. The zero-order valence-electron chi connectivity index (χ0n) is 18.6. The molecule has 1 amide bonds. The third kappa shape index (κ3) is 6.79. The van der Waals surface area contributed by atoms with Gasteiger partial charge in [0.25, 0.3) is 0 Å². The van der Waals surface area contributed by atoms with Gasteiger partial charge in [-0.05, 0) is 60.5 Å². The Hall–Kier alpha value is -3.46. The summed E-state index contributed by atoms with van der Waals surface area (Å²) >= 11 is 3.31. The summed E-state index contributed by atoms with van der Waals surface area (Å²) < 4.78 is 35.4. The van der Waals surface area contributed by atoms with Crippen molar-refractivity contribution in [2.24, 2.45) is 0 Å². The lowest BCUT2D eigenvalue weighted by Crippen LogP contribution is -2.45. The minimum absolute atomic E-state index is 0.0689. The van der Waals surface area contributed by atoms with E-state index in [1.165, 1.54) is 12.1 Å². The first kappa shape index (κ1) is 24.7. The van der Waals surface area contributed by atoms with Crippen LogP contribution >= 0.6 is 15.9 Å². The van der Waals surface area contributed by atoms with E-state index in [0.29, 0.717) is 17.2 Å². The minimum Gasteiger partial charge on any atom is -0.455 e. The number of hydrogen-bond acceptors (Lipinski definition) is 4. The molecule has 6 nitrogen and oxygen atoms in total. The molecule has 0 spiro atoms. The van der Waals surface area contributed by atoms with E-state index in [1.54, 1.807) is 36.4 Å². The maximum atomic E-state index is 13.4. The van der Waals surface area contributed by atoms with E-state index < -0.39 is 22.0 Å². The normalized spacial score (nSPS) is 12.0. The fourth-order valence-electron chi connectivity index (χ4n) is 3.40. The summed E-state index contributed by atoms with van der Waals surface area (Å²) in [6, 6.07) is 30.6. The number of rotatable bonds is 9. The van der Waals surface area contributed by atoms with Crippen LogP contribution in [-0.4, -0.2) is 20.4 Å². The molecule has 1 atom stereocenters. The number of sulfonamides is 1. The van der Waals surface area contributed by atoms with Crippen molar-refractivity contribution in [3.05, 3.63) is 119 Å². The quantitative estimate of drug-likeness (QED) is 0.277. The molecule has 0 aliphatic rings. The average Bonchev–Trinajstić information content (AvgIpc) is 2.86. The minimum atomic E-state index is -3.96. The fraction of sp³-hybridized carbons (Fsp3) is 0.0741. The second-order valence-electron chi connectivity index (χ2n) is 7.72. The van der Waals surface area contributed by atoms with Crippen LogP contribution in [0.1, 0.15) is 5.56 Å². The Morgan fingerprint density at radius 1 is 0.800 bits per heavy atom. The number of ether oxygens (including phenoxy) is 1. The van der Waals surface area contributed by atoms with Crippen molar-refractivity contribution in [3.8, 4) is 11.5 Å². The molecule has 0 radical (unpaired) electrons. The highest BCUT2D eigenvalue weighted by Gasteiger charge is 2.27. The number of nitrogens with one attached hydrogen (secondary N) is 2. The summed E-state index contributed by atoms with van der Waals surface area (Å²) in [5.41, 5.74) is 1.25. The Bertz CT molecular complexity index is 1380. The summed E-state index contributed by atoms with van der Waals surface area (Å²) in [5, 5.41) is 2.84. The van der Waals surface area contributed by atoms with Crippen molar-refractivity contribution in [1.29, 1.82) is 0 Å². The first-order valence-electron chi connectivity index (χ1n) is 10.9. The Morgan fingerprint density at radius 3 is 2.09 bits per heavy atom. The van der Waals surface area contributed by atoms with Gasteiger partial charge < -0.3 is 10.1 Å². The summed E-state index contributed by atoms with van der Waals surface area (Å²) in [6.07, 6.45) is 0.171. The van der Waals surface area contributed by atoms with Crippen LogP contribution in [0.3, 0.4) is 0 Å². The number of anilines is 1. The standard InChI is InChI=1S/C27H23BrN2O4S/c28-21-15-17-23(18-16-21)35(32,33)30-25(19-20-9-3-1-4-10-20)27(31)29-24-13-7-8-14-26(24)34-22-11-5-2-6-12-22/h1-18,25,30H,19H2,(H,29,31)/t25-/m1/s1. The second kappa shape index (κ2) is 11.3. The third-order valence-electron chi connectivity index (χ3n) is 5.14. The molecule has 0 saturated heterocycles. The largest absolute Gasteiger partial charge is 0.455 e. The van der Waals surface area contributed by atoms with E-state index in [0.717, 1.165) is 10.0 Å². The number of halogens is 1. The van der Waals surface area contributed by atoms with E-state index >= 15 is 0 Å². The molecular formula is C27H23BrN2O4S. The molecule has 0 heterocycles. The SMILES string of the molecule is O=C(Nc1ccccc1Oc1ccccc1)[C@@H](Cc1ccccc1)NS(=O)(=O)c1ccc(Br)cc1. The second-order valence-corrected chi connectivity index (χ2v) is 10.3. The summed E-state index contributed by atoms with van der Waals surface area (Å²) in [4.78, 5) is 13.5. The van der Waals surface area contributed by atoms with Crippen LogP contribution in [0.25, 0.3) is 0 Å². The molecule has 0 aromatic heterocycles. The van der Waals surface area contributed by atoms with Crippen molar-refractivity contribution >= 4 is 37.5 Å². The number of hydrogen-bond donors (Lipinski definition) is 2. The van der Waals surface area contributed by atoms with E-state index in [9.17, 15) is 13.2 Å². The van der Waals surface area contributed by atoms with Gasteiger partial charge in [-0.3, -0.25) is 4.79 Å². The maximum absolute atomic E-state index is 13.4. The number of benzene rings is 4. The summed E-state index contributed by atoms with van der Waals surface area (Å²) in [7, 11) is -3.96. The van der Waals surface area contributed by atoms with Crippen molar-refractivity contribution < 1.29 is 17.9 Å². The molecular weight excluding hydrogens is 528 g/mol. The Morgan fingerprint density at radius 2 is 1.40 bits per heavy atom. The van der Waals surface area contributed by atoms with Gasteiger partial charge in [-0.15, -0.1) is 0 Å². The molecule has 4 rings (SSSR count). The number of amides is 1. The molecule has 0 unspecified atom stereocenters. The van der Waals surface area contributed by atoms with Crippen LogP contribution in [-0.2, 0) is 21.2 Å². The molecule has 4 aromatic carbocycles. The van der Waals surface area contributed by atoms with Crippen LogP contribution < -0.4 is 14.8 Å². The van der Waals surface area contributed by atoms with Crippen molar-refractivity contribution in [2.75, 3.05) is 5.32 Å². The fourth-order valence-corrected chi connectivity index (χ4v) is 4.86. The smallest absolute Gasteiger partial charge is 0.243 e. The topological polar surface area (TPSA) is 84.5 Å². The Balaban J connectivity index is 1.59. The molecule has 0 bridgehead atoms. The van der Waals surface area contributed by atoms with Crippen LogP contribution in [0.15, 0.2) is 119 Å². The van der Waals surface area contributed by atoms with Crippen molar-refractivity contribution in [2.45, 2.75) is 17.4 Å². The lowest BCUT2D eigenvalue weighted by atomic mass is 10.1. The summed E-state index contributed by atoms with van der Waals surface area (Å²) in [6.45, 7) is 0. The van der Waals surface area contributed by atoms with Gasteiger partial charge in [0.2, 0.25) is 15.9 Å². The van der Waals surface area contributed by atoms with Crippen LogP contribution in [0.4, 0.5) is 5.69 Å². The maximum Gasteiger partial charge on any atom is 0.243 e. The number of carbonyl (C=O) groups excluding carboxylic acids is 1. The van der Waals surface area contributed by atoms with Crippen molar-refractivity contribution in [1.82, 2.24) is 4.72 Å². The Labute approximate surface area is 213 Å². The molecule has 0 saturated carbocycles. The number of para-hydroxylation sites is 3. The monoisotopic (exact) mass is 550 g/mol. The molecule has 178 valence electrons. The van der Waals surface area contributed by atoms with Gasteiger partial charge in [0.15, 0.2) is 5.75 Å². The van der Waals surface area contributed by atoms with Gasteiger partial charge in [-0.2, -0.15) is 4.72 Å². The van der Waals surface area contributed by atoms with Crippen LogP contribution in [0.5, 0.6) is 11.5 Å². The predicted molar refractivity (Wildman–Crippen MR) is 140 cm³/mol. The first-order chi connectivity index (χ1) is 16.9. The molecule has 4 aromatic rings. The van der Waals surface area contributed by atoms with Gasteiger partial charge in [0.1, 0.15) is 11.8 Å². The molecule has 2 N–H and O–H groups in total. The van der Waals surface area contributed by atoms with Gasteiger partial charge in [-0.1, -0.05) is 76.6 Å². The molecule has 0 fully saturated rings. The highest BCUT2D eigenvalue weighted by molar-refractivity contribution is 9.10. The Kier molecular flexibility index (Phi) is 7.97. The molecule has 8 heteroatoms. The highest BCUT2D eigenvalue weighted by Crippen LogP contribution is 2.29. The molecule has 0 aliphatic carbocycles. The van der Waals surface area contributed by atoms with Gasteiger partial charge in [0, 0.05) is 4.47 Å². The van der Waals surface area contributed by atoms with Crippen molar-refractivity contribution in [3.63, 3.8) is 0 Å². The lowest BCUT2D eigenvalue weighted by Gasteiger charge is -2.20. The number of carbonyl (C=O) groups is 1. The van der Waals surface area contributed by atoms with E-state index in [1.807, 2.05) is 60.7 Å². The first-order valence-corrected chi connectivity index (χ1v) is 13.1. The van der Waals surface area contributed by atoms with Gasteiger partial charge in [-0.25, -0.2) is 8.42 Å². The van der Waals surface area contributed by atoms with Crippen LogP contribution in [0.2, 0.25) is 0 Å².